The molecule has 1 fully saturated rings. The molecule has 0 bridgehead atoms. The summed E-state index contributed by atoms with van der Waals surface area (Å²) >= 11 is 1.70. The standard InChI is InChI=1S/C14H22N2O2S/c1-9(2)14-16-10(3)12(19-14)7-15-13(17)6-11-4-5-18-8-11/h9,11H,4-8H2,1-3H3,(H,15,17)/t11-/m0/s1. The minimum atomic E-state index is 0.120. The van der Waals surface area contributed by atoms with Crippen LogP contribution in [0.1, 0.15) is 48.2 Å². The minimum Gasteiger partial charge on any atom is -0.381 e. The van der Waals surface area contributed by atoms with Gasteiger partial charge in [0.05, 0.1) is 17.2 Å². The van der Waals surface area contributed by atoms with E-state index in [9.17, 15) is 4.79 Å². The zero-order valence-electron chi connectivity index (χ0n) is 11.9. The van der Waals surface area contributed by atoms with Gasteiger partial charge in [-0.2, -0.15) is 0 Å². The molecule has 1 saturated heterocycles. The quantitative estimate of drug-likeness (QED) is 0.903. The van der Waals surface area contributed by atoms with Gasteiger partial charge >= 0.3 is 0 Å². The van der Waals surface area contributed by atoms with Crippen molar-refractivity contribution in [3.05, 3.63) is 15.6 Å². The number of carbonyl (C=O) groups excluding carboxylic acids is 1. The summed E-state index contributed by atoms with van der Waals surface area (Å²) in [5, 5.41) is 4.14. The monoisotopic (exact) mass is 282 g/mol. The zero-order chi connectivity index (χ0) is 13.8. The van der Waals surface area contributed by atoms with Crippen molar-refractivity contribution in [2.75, 3.05) is 13.2 Å². The molecule has 1 aliphatic heterocycles. The van der Waals surface area contributed by atoms with Gasteiger partial charge in [-0.1, -0.05) is 13.8 Å². The second kappa shape index (κ2) is 6.48. The number of aromatic nitrogens is 1. The lowest BCUT2D eigenvalue weighted by Gasteiger charge is -2.07. The van der Waals surface area contributed by atoms with Crippen molar-refractivity contribution in [2.24, 2.45) is 5.92 Å². The topological polar surface area (TPSA) is 51.2 Å². The molecule has 1 aromatic rings. The highest BCUT2D eigenvalue weighted by atomic mass is 32.1. The number of aryl methyl sites for hydroxylation is 1. The number of nitrogens with one attached hydrogen (secondary N) is 1. The van der Waals surface area contributed by atoms with Gasteiger partial charge in [0.15, 0.2) is 0 Å². The lowest BCUT2D eigenvalue weighted by atomic mass is 10.1. The third-order valence-electron chi connectivity index (χ3n) is 3.35. The smallest absolute Gasteiger partial charge is 0.220 e. The summed E-state index contributed by atoms with van der Waals surface area (Å²) in [6.45, 7) is 8.41. The largest absolute Gasteiger partial charge is 0.381 e. The number of thiazole rings is 1. The lowest BCUT2D eigenvalue weighted by molar-refractivity contribution is -0.122. The number of ether oxygens (including phenoxy) is 1. The van der Waals surface area contributed by atoms with Crippen LogP contribution in [0.3, 0.4) is 0 Å². The number of hydrogen-bond acceptors (Lipinski definition) is 4. The highest BCUT2D eigenvalue weighted by molar-refractivity contribution is 7.11. The summed E-state index contributed by atoms with van der Waals surface area (Å²) in [5.41, 5.74) is 1.04. The van der Waals surface area contributed by atoms with Gasteiger partial charge in [-0.15, -0.1) is 11.3 Å². The first-order valence-corrected chi connectivity index (χ1v) is 7.68. The predicted octanol–water partition coefficient (Wildman–Crippen LogP) is 2.62. The van der Waals surface area contributed by atoms with Crippen LogP contribution in [0.5, 0.6) is 0 Å². The van der Waals surface area contributed by atoms with Crippen molar-refractivity contribution >= 4 is 17.2 Å². The number of carbonyl (C=O) groups is 1. The van der Waals surface area contributed by atoms with Crippen LogP contribution in [0.25, 0.3) is 0 Å². The molecule has 2 rings (SSSR count). The van der Waals surface area contributed by atoms with Crippen LogP contribution < -0.4 is 5.32 Å². The van der Waals surface area contributed by atoms with Crippen molar-refractivity contribution in [3.63, 3.8) is 0 Å². The highest BCUT2D eigenvalue weighted by Crippen LogP contribution is 2.24. The zero-order valence-corrected chi connectivity index (χ0v) is 12.7. The molecule has 0 radical (unpaired) electrons. The summed E-state index contributed by atoms with van der Waals surface area (Å²) in [6.07, 6.45) is 1.58. The molecule has 5 heteroatoms. The van der Waals surface area contributed by atoms with Crippen molar-refractivity contribution < 1.29 is 9.53 Å². The summed E-state index contributed by atoms with van der Waals surface area (Å²) in [6, 6.07) is 0. The molecule has 1 amide bonds. The molecule has 1 aromatic heterocycles. The Bertz CT molecular complexity index is 437. The Morgan fingerprint density at radius 3 is 2.95 bits per heavy atom. The second-order valence-electron chi connectivity index (χ2n) is 5.43. The van der Waals surface area contributed by atoms with Crippen molar-refractivity contribution in [1.29, 1.82) is 0 Å². The van der Waals surface area contributed by atoms with E-state index in [1.54, 1.807) is 11.3 Å². The first-order valence-electron chi connectivity index (χ1n) is 6.87. The van der Waals surface area contributed by atoms with E-state index in [1.165, 1.54) is 4.88 Å². The maximum atomic E-state index is 11.8. The number of rotatable bonds is 5. The Balaban J connectivity index is 1.82. The van der Waals surface area contributed by atoms with Crippen molar-refractivity contribution in [3.8, 4) is 0 Å². The predicted molar refractivity (Wildman–Crippen MR) is 76.3 cm³/mol. The van der Waals surface area contributed by atoms with Gasteiger partial charge in [-0.3, -0.25) is 4.79 Å². The van der Waals surface area contributed by atoms with Crippen LogP contribution in [-0.2, 0) is 16.1 Å². The SMILES string of the molecule is Cc1nc(C(C)C)sc1CNC(=O)C[C@@H]1CCOC1. The van der Waals surface area contributed by atoms with Crippen LogP contribution in [0.2, 0.25) is 0 Å². The molecule has 1 aliphatic rings. The summed E-state index contributed by atoms with van der Waals surface area (Å²) < 4.78 is 5.28. The van der Waals surface area contributed by atoms with E-state index in [0.717, 1.165) is 30.3 Å². The van der Waals surface area contributed by atoms with Gasteiger partial charge < -0.3 is 10.1 Å². The number of nitrogens with zero attached hydrogens (tertiary/aromatic N) is 1. The summed E-state index contributed by atoms with van der Waals surface area (Å²) in [4.78, 5) is 17.5. The molecule has 4 nitrogen and oxygen atoms in total. The van der Waals surface area contributed by atoms with Crippen molar-refractivity contribution in [2.45, 2.75) is 46.1 Å². The number of hydrogen-bond donors (Lipinski definition) is 1. The van der Waals surface area contributed by atoms with E-state index in [0.29, 0.717) is 24.8 Å². The summed E-state index contributed by atoms with van der Waals surface area (Å²) in [5.74, 6) is 0.965. The van der Waals surface area contributed by atoms with E-state index in [1.807, 2.05) is 6.92 Å². The van der Waals surface area contributed by atoms with Gasteiger partial charge in [-0.05, 0) is 19.3 Å². The molecule has 0 saturated carbocycles. The Labute approximate surface area is 118 Å². The first-order chi connectivity index (χ1) is 9.06. The normalized spacial score (nSPS) is 19.1. The molecule has 0 aliphatic carbocycles. The van der Waals surface area contributed by atoms with Gasteiger partial charge in [0.2, 0.25) is 5.91 Å². The molecule has 0 spiro atoms. The first kappa shape index (κ1) is 14.5. The third-order valence-corrected chi connectivity index (χ3v) is 4.81. The highest BCUT2D eigenvalue weighted by Gasteiger charge is 2.19. The van der Waals surface area contributed by atoms with Crippen molar-refractivity contribution in [1.82, 2.24) is 10.3 Å². The molecule has 2 heterocycles. The Hall–Kier alpha value is -0.940. The molecule has 106 valence electrons. The van der Waals surface area contributed by atoms with Crippen LogP contribution >= 0.6 is 11.3 Å². The van der Waals surface area contributed by atoms with Crippen LogP contribution in [-0.4, -0.2) is 24.1 Å². The average Bonchev–Trinajstić information content (AvgIpc) is 2.96. The van der Waals surface area contributed by atoms with E-state index in [4.69, 9.17) is 4.74 Å². The van der Waals surface area contributed by atoms with E-state index in [-0.39, 0.29) is 5.91 Å². The fourth-order valence-electron chi connectivity index (χ4n) is 2.12. The molecular weight excluding hydrogens is 260 g/mol. The van der Waals surface area contributed by atoms with Crippen LogP contribution in [0.4, 0.5) is 0 Å². The summed E-state index contributed by atoms with van der Waals surface area (Å²) in [7, 11) is 0. The van der Waals surface area contributed by atoms with E-state index in [2.05, 4.69) is 24.1 Å². The van der Waals surface area contributed by atoms with E-state index < -0.39 is 0 Å². The van der Waals surface area contributed by atoms with E-state index >= 15 is 0 Å². The average molecular weight is 282 g/mol. The second-order valence-corrected chi connectivity index (χ2v) is 6.54. The van der Waals surface area contributed by atoms with Crippen LogP contribution in [0.15, 0.2) is 0 Å². The minimum absolute atomic E-state index is 0.120. The van der Waals surface area contributed by atoms with Gasteiger partial charge in [-0.25, -0.2) is 4.98 Å². The Kier molecular flexibility index (Phi) is 4.93. The van der Waals surface area contributed by atoms with Gasteiger partial charge in [0, 0.05) is 30.4 Å². The molecule has 0 unspecified atom stereocenters. The Morgan fingerprint density at radius 1 is 1.58 bits per heavy atom. The maximum Gasteiger partial charge on any atom is 0.220 e. The molecule has 1 N–H and O–H groups in total. The molecule has 19 heavy (non-hydrogen) atoms. The van der Waals surface area contributed by atoms with Gasteiger partial charge in [0.25, 0.3) is 0 Å². The Morgan fingerprint density at radius 2 is 2.37 bits per heavy atom. The number of amides is 1. The van der Waals surface area contributed by atoms with Crippen LogP contribution in [0, 0.1) is 12.8 Å². The van der Waals surface area contributed by atoms with Gasteiger partial charge in [0.1, 0.15) is 0 Å². The molecular formula is C14H22N2O2S. The molecule has 1 atom stereocenters. The maximum absolute atomic E-state index is 11.8. The fraction of sp³-hybridized carbons (Fsp3) is 0.714. The lowest BCUT2D eigenvalue weighted by Crippen LogP contribution is -2.25. The fourth-order valence-corrected chi connectivity index (χ4v) is 3.13. The third kappa shape index (κ3) is 4.01. The molecule has 0 aromatic carbocycles.